The van der Waals surface area contributed by atoms with Gasteiger partial charge in [0.2, 0.25) is 5.16 Å². The molecule has 0 fully saturated rings. The Hall–Kier alpha value is -1.30. The van der Waals surface area contributed by atoms with Gasteiger partial charge in [0.05, 0.1) is 10.0 Å². The summed E-state index contributed by atoms with van der Waals surface area (Å²) in [6, 6.07) is 7.59. The summed E-state index contributed by atoms with van der Waals surface area (Å²) in [5.74, 6) is 1.36. The first-order valence-corrected chi connectivity index (χ1v) is 8.05. The predicted molar refractivity (Wildman–Crippen MR) is 86.3 cm³/mol. The van der Waals surface area contributed by atoms with Crippen LogP contribution in [0.5, 0.6) is 0 Å². The monoisotopic (exact) mass is 338 g/mol. The molecule has 0 spiro atoms. The minimum Gasteiger partial charge on any atom is -0.216 e. The Morgan fingerprint density at radius 3 is 2.67 bits per heavy atom. The lowest BCUT2D eigenvalue weighted by Crippen LogP contribution is -1.97. The van der Waals surface area contributed by atoms with E-state index >= 15 is 0 Å². The van der Waals surface area contributed by atoms with Crippen LogP contribution in [0.1, 0.15) is 17.0 Å². The number of aryl methyl sites for hydroxylation is 2. The second-order valence-electron chi connectivity index (χ2n) is 4.68. The molecule has 0 radical (unpaired) electrons. The average Bonchev–Trinajstić information content (AvgIpc) is 2.83. The summed E-state index contributed by atoms with van der Waals surface area (Å²) in [4.78, 5) is 8.81. The first-order chi connectivity index (χ1) is 10.0. The lowest BCUT2D eigenvalue weighted by Gasteiger charge is -2.00. The summed E-state index contributed by atoms with van der Waals surface area (Å²) < 4.78 is 1.75. The smallest absolute Gasteiger partial charge is 0.216 e. The zero-order valence-corrected chi connectivity index (χ0v) is 13.8. The van der Waals surface area contributed by atoms with Crippen LogP contribution >= 0.6 is 35.0 Å². The van der Waals surface area contributed by atoms with Gasteiger partial charge in [-0.2, -0.15) is 4.98 Å². The van der Waals surface area contributed by atoms with E-state index in [0.717, 1.165) is 22.7 Å². The van der Waals surface area contributed by atoms with Crippen molar-refractivity contribution in [3.8, 4) is 0 Å². The number of fused-ring (bicyclic) bond motifs is 1. The number of hydrogen-bond acceptors (Lipinski definition) is 4. The Labute approximate surface area is 136 Å². The molecule has 7 heteroatoms. The van der Waals surface area contributed by atoms with Crippen molar-refractivity contribution >= 4 is 40.7 Å². The van der Waals surface area contributed by atoms with Gasteiger partial charge in [-0.1, -0.05) is 41.0 Å². The van der Waals surface area contributed by atoms with Gasteiger partial charge in [-0.25, -0.2) is 9.50 Å². The van der Waals surface area contributed by atoms with Crippen molar-refractivity contribution in [1.82, 2.24) is 19.6 Å². The highest BCUT2D eigenvalue weighted by atomic mass is 35.5. The third kappa shape index (κ3) is 3.15. The third-order valence-electron chi connectivity index (χ3n) is 2.95. The Bertz CT molecular complexity index is 816. The number of hydrogen-bond donors (Lipinski definition) is 0. The number of aromatic nitrogens is 4. The SMILES string of the molecule is Cc1cc(C)n2nc(SCc3ccc(Cl)c(Cl)c3)nc2n1. The summed E-state index contributed by atoms with van der Waals surface area (Å²) in [5.41, 5.74) is 3.04. The summed E-state index contributed by atoms with van der Waals surface area (Å²) in [6.07, 6.45) is 0. The fourth-order valence-electron chi connectivity index (χ4n) is 1.99. The minimum absolute atomic E-state index is 0.561. The molecule has 4 nitrogen and oxygen atoms in total. The van der Waals surface area contributed by atoms with Gasteiger partial charge in [-0.3, -0.25) is 0 Å². The van der Waals surface area contributed by atoms with Crippen molar-refractivity contribution in [3.05, 3.63) is 51.3 Å². The Morgan fingerprint density at radius 2 is 1.90 bits per heavy atom. The van der Waals surface area contributed by atoms with Gasteiger partial charge in [-0.15, -0.1) is 5.10 Å². The molecule has 0 bridgehead atoms. The van der Waals surface area contributed by atoms with E-state index < -0.39 is 0 Å². The van der Waals surface area contributed by atoms with Gasteiger partial charge in [0.15, 0.2) is 0 Å². The summed E-state index contributed by atoms with van der Waals surface area (Å²) >= 11 is 13.5. The van der Waals surface area contributed by atoms with E-state index in [-0.39, 0.29) is 0 Å². The molecular weight excluding hydrogens is 327 g/mol. The first kappa shape index (κ1) is 14.6. The van der Waals surface area contributed by atoms with Crippen LogP contribution in [0.15, 0.2) is 29.4 Å². The Balaban J connectivity index is 1.82. The maximum absolute atomic E-state index is 6.01. The highest BCUT2D eigenvalue weighted by Crippen LogP contribution is 2.26. The van der Waals surface area contributed by atoms with Gasteiger partial charge in [0.25, 0.3) is 5.78 Å². The van der Waals surface area contributed by atoms with Crippen LogP contribution in [0.2, 0.25) is 10.0 Å². The van der Waals surface area contributed by atoms with Crippen molar-refractivity contribution in [2.45, 2.75) is 24.8 Å². The van der Waals surface area contributed by atoms with Gasteiger partial charge >= 0.3 is 0 Å². The van der Waals surface area contributed by atoms with Crippen molar-refractivity contribution < 1.29 is 0 Å². The molecule has 2 heterocycles. The largest absolute Gasteiger partial charge is 0.253 e. The van der Waals surface area contributed by atoms with Gasteiger partial charge in [0.1, 0.15) is 0 Å². The zero-order chi connectivity index (χ0) is 15.0. The zero-order valence-electron chi connectivity index (χ0n) is 11.5. The van der Waals surface area contributed by atoms with Gasteiger partial charge in [0, 0.05) is 17.1 Å². The maximum atomic E-state index is 6.01. The molecule has 3 aromatic rings. The number of halogens is 2. The first-order valence-electron chi connectivity index (χ1n) is 6.30. The molecule has 0 atom stereocenters. The summed E-state index contributed by atoms with van der Waals surface area (Å²) in [6.45, 7) is 3.94. The number of benzene rings is 1. The molecule has 1 aromatic carbocycles. The second kappa shape index (κ2) is 5.83. The molecule has 0 aliphatic heterocycles. The molecule has 108 valence electrons. The van der Waals surface area contributed by atoms with Crippen LogP contribution in [-0.4, -0.2) is 19.6 Å². The standard InChI is InChI=1S/C14H12Cl2N4S/c1-8-5-9(2)20-13(17-8)18-14(19-20)21-7-10-3-4-11(15)12(16)6-10/h3-6H,7H2,1-2H3. The molecular formula is C14H12Cl2N4S. The molecule has 21 heavy (non-hydrogen) atoms. The van der Waals surface area contributed by atoms with Crippen LogP contribution in [0.3, 0.4) is 0 Å². The fourth-order valence-corrected chi connectivity index (χ4v) is 3.07. The molecule has 0 aliphatic carbocycles. The minimum atomic E-state index is 0.561. The summed E-state index contributed by atoms with van der Waals surface area (Å²) in [7, 11) is 0. The van der Waals surface area contributed by atoms with E-state index in [1.54, 1.807) is 22.3 Å². The van der Waals surface area contributed by atoms with Gasteiger partial charge in [-0.05, 0) is 37.6 Å². The normalized spacial score (nSPS) is 11.2. The molecule has 0 saturated heterocycles. The predicted octanol–water partition coefficient (Wildman–Crippen LogP) is 4.34. The topological polar surface area (TPSA) is 43.1 Å². The van der Waals surface area contributed by atoms with Crippen LogP contribution in [0.25, 0.3) is 5.78 Å². The van der Waals surface area contributed by atoms with Crippen molar-refractivity contribution in [1.29, 1.82) is 0 Å². The highest BCUT2D eigenvalue weighted by molar-refractivity contribution is 7.98. The van der Waals surface area contributed by atoms with Crippen LogP contribution < -0.4 is 0 Å². The molecule has 0 saturated carbocycles. The van der Waals surface area contributed by atoms with E-state index in [0.29, 0.717) is 21.0 Å². The van der Waals surface area contributed by atoms with Crippen molar-refractivity contribution in [3.63, 3.8) is 0 Å². The van der Waals surface area contributed by atoms with E-state index in [9.17, 15) is 0 Å². The van der Waals surface area contributed by atoms with Crippen LogP contribution in [0.4, 0.5) is 0 Å². The number of nitrogens with zero attached hydrogens (tertiary/aromatic N) is 4. The van der Waals surface area contributed by atoms with Crippen LogP contribution in [-0.2, 0) is 5.75 Å². The molecule has 0 N–H and O–H groups in total. The van der Waals surface area contributed by atoms with Crippen molar-refractivity contribution in [2.75, 3.05) is 0 Å². The number of thioether (sulfide) groups is 1. The molecule has 0 unspecified atom stereocenters. The fraction of sp³-hybridized carbons (Fsp3) is 0.214. The molecule has 2 aromatic heterocycles. The second-order valence-corrected chi connectivity index (χ2v) is 6.44. The lowest BCUT2D eigenvalue weighted by atomic mass is 10.2. The van der Waals surface area contributed by atoms with E-state index in [1.165, 1.54) is 0 Å². The maximum Gasteiger partial charge on any atom is 0.253 e. The quantitative estimate of drug-likeness (QED) is 0.666. The Kier molecular flexibility index (Phi) is 4.06. The molecule has 0 amide bonds. The molecule has 0 aliphatic rings. The van der Waals surface area contributed by atoms with Gasteiger partial charge < -0.3 is 0 Å². The third-order valence-corrected chi connectivity index (χ3v) is 4.60. The average molecular weight is 339 g/mol. The van der Waals surface area contributed by atoms with Crippen LogP contribution in [0, 0.1) is 13.8 Å². The van der Waals surface area contributed by atoms with E-state index in [1.807, 2.05) is 32.0 Å². The highest BCUT2D eigenvalue weighted by Gasteiger charge is 2.09. The number of rotatable bonds is 3. The molecule has 3 rings (SSSR count). The Morgan fingerprint density at radius 1 is 1.10 bits per heavy atom. The van der Waals surface area contributed by atoms with Crippen molar-refractivity contribution in [2.24, 2.45) is 0 Å². The van der Waals surface area contributed by atoms with E-state index in [2.05, 4.69) is 15.1 Å². The summed E-state index contributed by atoms with van der Waals surface area (Å²) in [5, 5.41) is 6.27. The lowest BCUT2D eigenvalue weighted by molar-refractivity contribution is 0.843. The van der Waals surface area contributed by atoms with E-state index in [4.69, 9.17) is 23.2 Å².